The summed E-state index contributed by atoms with van der Waals surface area (Å²) in [6.07, 6.45) is 0. The molecule has 0 aliphatic heterocycles. The number of pyridine rings is 1. The summed E-state index contributed by atoms with van der Waals surface area (Å²) in [6.45, 7) is 0. The van der Waals surface area contributed by atoms with Gasteiger partial charge in [0.15, 0.2) is 11.8 Å². The second kappa shape index (κ2) is 4.84. The van der Waals surface area contributed by atoms with Gasteiger partial charge >= 0.3 is 0 Å². The van der Waals surface area contributed by atoms with E-state index in [1.807, 2.05) is 36.4 Å². The molecule has 4 nitrogen and oxygen atoms in total. The fourth-order valence-corrected chi connectivity index (χ4v) is 1.53. The van der Waals surface area contributed by atoms with E-state index < -0.39 is 0 Å². The average molecular weight is 247 g/mol. The number of halogens is 1. The normalized spacial score (nSPS) is 9.94. The number of benzene rings is 1. The van der Waals surface area contributed by atoms with Crippen molar-refractivity contribution in [2.75, 3.05) is 0 Å². The zero-order chi connectivity index (χ0) is 12.3. The van der Waals surface area contributed by atoms with Gasteiger partial charge in [-0.1, -0.05) is 29.8 Å². The first-order valence-corrected chi connectivity index (χ1v) is 5.35. The van der Waals surface area contributed by atoms with E-state index in [1.165, 1.54) is 0 Å². The number of aromatic nitrogens is 1. The van der Waals surface area contributed by atoms with Gasteiger partial charge in [-0.15, -0.1) is 0 Å². The summed E-state index contributed by atoms with van der Waals surface area (Å²) >= 11 is 5.82. The Morgan fingerprint density at radius 1 is 1.06 bits per heavy atom. The van der Waals surface area contributed by atoms with Crippen LogP contribution >= 0.6 is 11.6 Å². The molecule has 1 aromatic carbocycles. The summed E-state index contributed by atoms with van der Waals surface area (Å²) < 4.78 is 0. The predicted octanol–water partition coefficient (Wildman–Crippen LogP) is 2.31. The molecule has 0 atom stereocenters. The lowest BCUT2D eigenvalue weighted by Gasteiger charge is -2.02. The van der Waals surface area contributed by atoms with Gasteiger partial charge in [-0.3, -0.25) is 0 Å². The van der Waals surface area contributed by atoms with Gasteiger partial charge in [-0.2, -0.15) is 4.99 Å². The highest BCUT2D eigenvalue weighted by molar-refractivity contribution is 6.30. The minimum absolute atomic E-state index is 0.00856. The summed E-state index contributed by atoms with van der Waals surface area (Å²) in [6, 6.07) is 12.9. The van der Waals surface area contributed by atoms with Crippen molar-refractivity contribution in [3.63, 3.8) is 0 Å². The van der Waals surface area contributed by atoms with E-state index >= 15 is 0 Å². The van der Waals surface area contributed by atoms with Crippen molar-refractivity contribution in [2.24, 2.45) is 16.5 Å². The van der Waals surface area contributed by atoms with Gasteiger partial charge < -0.3 is 11.5 Å². The Morgan fingerprint density at radius 2 is 1.76 bits per heavy atom. The van der Waals surface area contributed by atoms with Crippen LogP contribution in [0, 0.1) is 0 Å². The third-order valence-corrected chi connectivity index (χ3v) is 2.37. The molecule has 0 spiro atoms. The smallest absolute Gasteiger partial charge is 0.192 e. The van der Waals surface area contributed by atoms with Crippen molar-refractivity contribution in [3.8, 4) is 11.3 Å². The van der Waals surface area contributed by atoms with Gasteiger partial charge in [-0.25, -0.2) is 4.98 Å². The highest BCUT2D eigenvalue weighted by Gasteiger charge is 2.00. The van der Waals surface area contributed by atoms with Crippen molar-refractivity contribution in [3.05, 3.63) is 47.5 Å². The number of rotatable bonds is 2. The van der Waals surface area contributed by atoms with Crippen molar-refractivity contribution in [2.45, 2.75) is 0 Å². The molecule has 86 valence electrons. The van der Waals surface area contributed by atoms with E-state index in [2.05, 4.69) is 9.98 Å². The van der Waals surface area contributed by atoms with Crippen LogP contribution in [0.3, 0.4) is 0 Å². The zero-order valence-corrected chi connectivity index (χ0v) is 9.72. The topological polar surface area (TPSA) is 77.3 Å². The SMILES string of the molecule is NC(N)=Nc1cccc(-c2ccc(Cl)cc2)n1. The van der Waals surface area contributed by atoms with Crippen LogP contribution in [0.2, 0.25) is 5.02 Å². The van der Waals surface area contributed by atoms with Crippen LogP contribution < -0.4 is 11.5 Å². The Bertz CT molecular complexity index is 545. The maximum atomic E-state index is 5.82. The molecular weight excluding hydrogens is 236 g/mol. The Morgan fingerprint density at radius 3 is 2.41 bits per heavy atom. The lowest BCUT2D eigenvalue weighted by Crippen LogP contribution is -2.22. The minimum Gasteiger partial charge on any atom is -0.370 e. The molecule has 4 N–H and O–H groups in total. The van der Waals surface area contributed by atoms with Crippen molar-refractivity contribution in [1.82, 2.24) is 4.98 Å². The van der Waals surface area contributed by atoms with E-state index in [0.717, 1.165) is 11.3 Å². The Balaban J connectivity index is 2.39. The second-order valence-electron chi connectivity index (χ2n) is 3.42. The highest BCUT2D eigenvalue weighted by atomic mass is 35.5. The summed E-state index contributed by atoms with van der Waals surface area (Å²) in [5.74, 6) is 0.475. The molecule has 0 saturated heterocycles. The maximum absolute atomic E-state index is 5.82. The molecule has 0 fully saturated rings. The molecule has 5 heteroatoms. The highest BCUT2D eigenvalue weighted by Crippen LogP contribution is 2.21. The van der Waals surface area contributed by atoms with Crippen molar-refractivity contribution in [1.29, 1.82) is 0 Å². The molecule has 0 aliphatic carbocycles. The van der Waals surface area contributed by atoms with Gasteiger partial charge in [0.05, 0.1) is 5.69 Å². The Labute approximate surface area is 104 Å². The van der Waals surface area contributed by atoms with Gasteiger partial charge in [0, 0.05) is 10.6 Å². The fraction of sp³-hybridized carbons (Fsp3) is 0. The first kappa shape index (κ1) is 11.4. The molecule has 2 rings (SSSR count). The first-order chi connectivity index (χ1) is 8.15. The predicted molar refractivity (Wildman–Crippen MR) is 70.2 cm³/mol. The van der Waals surface area contributed by atoms with E-state index in [4.69, 9.17) is 23.1 Å². The van der Waals surface area contributed by atoms with Gasteiger partial charge in [0.1, 0.15) is 0 Å². The molecule has 1 heterocycles. The number of hydrogen-bond acceptors (Lipinski definition) is 2. The first-order valence-electron chi connectivity index (χ1n) is 4.98. The summed E-state index contributed by atoms with van der Waals surface area (Å²) in [4.78, 5) is 8.22. The Kier molecular flexibility index (Phi) is 3.25. The van der Waals surface area contributed by atoms with Gasteiger partial charge in [0.2, 0.25) is 0 Å². The lowest BCUT2D eigenvalue weighted by molar-refractivity contribution is 1.26. The van der Waals surface area contributed by atoms with Crippen molar-refractivity contribution >= 4 is 23.4 Å². The zero-order valence-electron chi connectivity index (χ0n) is 8.97. The summed E-state index contributed by atoms with van der Waals surface area (Å²) in [5, 5.41) is 0.689. The number of hydrogen-bond donors (Lipinski definition) is 2. The molecule has 17 heavy (non-hydrogen) atoms. The molecule has 0 amide bonds. The average Bonchev–Trinajstić information content (AvgIpc) is 2.29. The molecule has 0 aliphatic rings. The van der Waals surface area contributed by atoms with E-state index in [9.17, 15) is 0 Å². The molecule has 0 unspecified atom stereocenters. The molecule has 0 saturated carbocycles. The number of guanidine groups is 1. The third kappa shape index (κ3) is 2.95. The van der Waals surface area contributed by atoms with Crippen LogP contribution in [0.1, 0.15) is 0 Å². The van der Waals surface area contributed by atoms with E-state index in [-0.39, 0.29) is 5.96 Å². The van der Waals surface area contributed by atoms with E-state index in [1.54, 1.807) is 6.07 Å². The van der Waals surface area contributed by atoms with Crippen LogP contribution in [-0.4, -0.2) is 10.9 Å². The van der Waals surface area contributed by atoms with Crippen LogP contribution in [-0.2, 0) is 0 Å². The molecule has 0 radical (unpaired) electrons. The maximum Gasteiger partial charge on any atom is 0.192 e. The van der Waals surface area contributed by atoms with Crippen LogP contribution in [0.25, 0.3) is 11.3 Å². The second-order valence-corrected chi connectivity index (χ2v) is 3.86. The monoisotopic (exact) mass is 246 g/mol. The fourth-order valence-electron chi connectivity index (χ4n) is 1.40. The number of nitrogens with zero attached hydrogens (tertiary/aromatic N) is 2. The standard InChI is InChI=1S/C12H11ClN4/c13-9-6-4-8(5-7-9)10-2-1-3-11(16-10)17-12(14)15/h1-7H,(H4,14,15,16,17). The largest absolute Gasteiger partial charge is 0.370 e. The third-order valence-electron chi connectivity index (χ3n) is 2.12. The van der Waals surface area contributed by atoms with Crippen molar-refractivity contribution < 1.29 is 0 Å². The molecule has 1 aromatic heterocycles. The van der Waals surface area contributed by atoms with Gasteiger partial charge in [0.25, 0.3) is 0 Å². The van der Waals surface area contributed by atoms with Crippen LogP contribution in [0.15, 0.2) is 47.5 Å². The minimum atomic E-state index is -0.00856. The molecular formula is C12H11ClN4. The van der Waals surface area contributed by atoms with Gasteiger partial charge in [-0.05, 0) is 24.3 Å². The molecule has 0 bridgehead atoms. The van der Waals surface area contributed by atoms with E-state index in [0.29, 0.717) is 10.8 Å². The number of aliphatic imine (C=N–C) groups is 1. The lowest BCUT2D eigenvalue weighted by atomic mass is 10.1. The van der Waals surface area contributed by atoms with Crippen LogP contribution in [0.5, 0.6) is 0 Å². The summed E-state index contributed by atoms with van der Waals surface area (Å²) in [7, 11) is 0. The number of nitrogens with two attached hydrogens (primary N) is 2. The van der Waals surface area contributed by atoms with Crippen LogP contribution in [0.4, 0.5) is 5.82 Å². The Hall–Kier alpha value is -2.07. The molecule has 2 aromatic rings. The quantitative estimate of drug-likeness (QED) is 0.631. The summed E-state index contributed by atoms with van der Waals surface area (Å²) in [5.41, 5.74) is 12.4.